The maximum absolute atomic E-state index is 13.0. The molecular formula is C20H17FN2O2S. The second-order valence-electron chi connectivity index (χ2n) is 5.69. The van der Waals surface area contributed by atoms with Crippen LogP contribution < -0.4 is 10.6 Å². The Morgan fingerprint density at radius 3 is 2.35 bits per heavy atom. The largest absolute Gasteiger partial charge is 0.339 e. The third-order valence-corrected chi connectivity index (χ3v) is 4.63. The quantitative estimate of drug-likeness (QED) is 0.694. The number of hydrogen-bond acceptors (Lipinski definition) is 3. The predicted octanol–water partition coefficient (Wildman–Crippen LogP) is 3.87. The fraction of sp³-hybridized carbons (Fsp3) is 0.100. The van der Waals surface area contributed by atoms with E-state index in [1.165, 1.54) is 35.6 Å². The zero-order valence-corrected chi connectivity index (χ0v) is 14.6. The zero-order chi connectivity index (χ0) is 18.4. The number of amides is 2. The van der Waals surface area contributed by atoms with Gasteiger partial charge in [0.15, 0.2) is 0 Å². The number of carbonyl (C=O) groups is 2. The lowest BCUT2D eigenvalue weighted by atomic mass is 10.0. The normalized spacial score (nSPS) is 11.6. The van der Waals surface area contributed by atoms with Crippen molar-refractivity contribution < 1.29 is 14.0 Å². The van der Waals surface area contributed by atoms with Gasteiger partial charge in [-0.1, -0.05) is 36.4 Å². The molecule has 6 heteroatoms. The van der Waals surface area contributed by atoms with Crippen molar-refractivity contribution in [2.75, 3.05) is 5.32 Å². The first-order chi connectivity index (χ1) is 12.6. The first-order valence-corrected chi connectivity index (χ1v) is 8.94. The van der Waals surface area contributed by atoms with Crippen LogP contribution in [0, 0.1) is 5.82 Å². The molecule has 2 N–H and O–H groups in total. The highest BCUT2D eigenvalue weighted by molar-refractivity contribution is 7.12. The van der Waals surface area contributed by atoms with E-state index in [2.05, 4.69) is 10.6 Å². The molecule has 0 spiro atoms. The standard InChI is InChI=1S/C20H17FN2O2S/c21-15-8-10-16(11-9-15)22-19(24)17(13-14-5-2-1-3-6-14)23-20(25)18-7-4-12-26-18/h1-12,17H,13H2,(H,22,24)(H,23,25). The van der Waals surface area contributed by atoms with Crippen molar-refractivity contribution in [2.45, 2.75) is 12.5 Å². The predicted molar refractivity (Wildman–Crippen MR) is 101 cm³/mol. The molecule has 0 aliphatic carbocycles. The molecule has 1 unspecified atom stereocenters. The summed E-state index contributed by atoms with van der Waals surface area (Å²) >= 11 is 1.31. The van der Waals surface area contributed by atoms with E-state index in [1.54, 1.807) is 17.5 Å². The number of hydrogen-bond donors (Lipinski definition) is 2. The Bertz CT molecular complexity index is 865. The van der Waals surface area contributed by atoms with Crippen LogP contribution >= 0.6 is 11.3 Å². The first kappa shape index (κ1) is 17.8. The molecule has 0 bridgehead atoms. The van der Waals surface area contributed by atoms with E-state index in [0.29, 0.717) is 17.0 Å². The van der Waals surface area contributed by atoms with Gasteiger partial charge in [0.2, 0.25) is 5.91 Å². The van der Waals surface area contributed by atoms with Crippen LogP contribution in [0.5, 0.6) is 0 Å². The van der Waals surface area contributed by atoms with Gasteiger partial charge in [-0.15, -0.1) is 11.3 Å². The molecule has 2 aromatic carbocycles. The van der Waals surface area contributed by atoms with Crippen LogP contribution in [0.25, 0.3) is 0 Å². The summed E-state index contributed by atoms with van der Waals surface area (Å²) in [5.74, 6) is -1.03. The molecule has 0 fully saturated rings. The lowest BCUT2D eigenvalue weighted by Crippen LogP contribution is -2.45. The average molecular weight is 368 g/mol. The molecule has 26 heavy (non-hydrogen) atoms. The lowest BCUT2D eigenvalue weighted by Gasteiger charge is -2.18. The number of halogens is 1. The molecule has 0 radical (unpaired) electrons. The van der Waals surface area contributed by atoms with Gasteiger partial charge in [0.05, 0.1) is 4.88 Å². The molecule has 2 amide bonds. The minimum atomic E-state index is -0.753. The molecule has 0 aliphatic rings. The summed E-state index contributed by atoms with van der Waals surface area (Å²) in [5.41, 5.74) is 1.40. The van der Waals surface area contributed by atoms with Crippen LogP contribution in [0.15, 0.2) is 72.1 Å². The first-order valence-electron chi connectivity index (χ1n) is 8.06. The van der Waals surface area contributed by atoms with Crippen molar-refractivity contribution in [3.8, 4) is 0 Å². The summed E-state index contributed by atoms with van der Waals surface area (Å²) in [6.45, 7) is 0. The minimum absolute atomic E-state index is 0.296. The molecule has 0 aliphatic heterocycles. The SMILES string of the molecule is O=C(NC(Cc1ccccc1)C(=O)Nc1ccc(F)cc1)c1cccs1. The van der Waals surface area contributed by atoms with Crippen LogP contribution in [0.3, 0.4) is 0 Å². The molecule has 0 saturated heterocycles. The van der Waals surface area contributed by atoms with Gasteiger partial charge in [-0.25, -0.2) is 4.39 Å². The van der Waals surface area contributed by atoms with Crippen molar-refractivity contribution in [1.29, 1.82) is 0 Å². The summed E-state index contributed by atoms with van der Waals surface area (Å²) in [7, 11) is 0. The Hall–Kier alpha value is -2.99. The average Bonchev–Trinajstić information content (AvgIpc) is 3.19. The van der Waals surface area contributed by atoms with Crippen molar-refractivity contribution in [2.24, 2.45) is 0 Å². The summed E-state index contributed by atoms with van der Waals surface area (Å²) < 4.78 is 13.0. The summed E-state index contributed by atoms with van der Waals surface area (Å²) in [6.07, 6.45) is 0.352. The van der Waals surface area contributed by atoms with Crippen LogP contribution in [-0.2, 0) is 11.2 Å². The van der Waals surface area contributed by atoms with Crippen molar-refractivity contribution in [1.82, 2.24) is 5.32 Å². The van der Waals surface area contributed by atoms with E-state index in [9.17, 15) is 14.0 Å². The van der Waals surface area contributed by atoms with E-state index in [4.69, 9.17) is 0 Å². The van der Waals surface area contributed by atoms with Gasteiger partial charge in [0, 0.05) is 12.1 Å². The van der Waals surface area contributed by atoms with E-state index in [0.717, 1.165) is 5.56 Å². The van der Waals surface area contributed by atoms with Gasteiger partial charge in [0.1, 0.15) is 11.9 Å². The maximum Gasteiger partial charge on any atom is 0.262 e. The molecule has 1 atom stereocenters. The van der Waals surface area contributed by atoms with Crippen LogP contribution in [0.2, 0.25) is 0 Å². The molecule has 0 saturated carbocycles. The summed E-state index contributed by atoms with van der Waals surface area (Å²) in [5, 5.41) is 7.31. The van der Waals surface area contributed by atoms with Crippen LogP contribution in [0.1, 0.15) is 15.2 Å². The van der Waals surface area contributed by atoms with E-state index < -0.39 is 6.04 Å². The Labute approximate surface area is 154 Å². The molecular weight excluding hydrogens is 351 g/mol. The van der Waals surface area contributed by atoms with Crippen LogP contribution in [0.4, 0.5) is 10.1 Å². The van der Waals surface area contributed by atoms with Gasteiger partial charge in [-0.2, -0.15) is 0 Å². The van der Waals surface area contributed by atoms with Gasteiger partial charge in [-0.05, 0) is 41.3 Å². The van der Waals surface area contributed by atoms with Gasteiger partial charge in [-0.3, -0.25) is 9.59 Å². The molecule has 1 heterocycles. The number of anilines is 1. The fourth-order valence-electron chi connectivity index (χ4n) is 2.46. The third kappa shape index (κ3) is 4.77. The number of rotatable bonds is 6. The van der Waals surface area contributed by atoms with Crippen molar-refractivity contribution in [3.63, 3.8) is 0 Å². The van der Waals surface area contributed by atoms with Gasteiger partial charge in [0.25, 0.3) is 5.91 Å². The zero-order valence-electron chi connectivity index (χ0n) is 13.8. The molecule has 4 nitrogen and oxygen atoms in total. The number of carbonyl (C=O) groups excluding carboxylic acids is 2. The van der Waals surface area contributed by atoms with E-state index in [-0.39, 0.29) is 17.6 Å². The number of thiophene rings is 1. The smallest absolute Gasteiger partial charge is 0.262 e. The highest BCUT2D eigenvalue weighted by Crippen LogP contribution is 2.13. The van der Waals surface area contributed by atoms with Crippen molar-refractivity contribution >= 4 is 28.8 Å². The number of nitrogens with one attached hydrogen (secondary N) is 2. The Morgan fingerprint density at radius 1 is 0.962 bits per heavy atom. The fourth-order valence-corrected chi connectivity index (χ4v) is 3.09. The Kier molecular flexibility index (Phi) is 5.76. The Balaban J connectivity index is 1.75. The van der Waals surface area contributed by atoms with E-state index >= 15 is 0 Å². The lowest BCUT2D eigenvalue weighted by molar-refractivity contribution is -0.118. The monoisotopic (exact) mass is 368 g/mol. The van der Waals surface area contributed by atoms with Gasteiger partial charge >= 0.3 is 0 Å². The number of benzene rings is 2. The van der Waals surface area contributed by atoms with Crippen LogP contribution in [-0.4, -0.2) is 17.9 Å². The summed E-state index contributed by atoms with van der Waals surface area (Å²) in [6, 6.07) is 17.7. The Morgan fingerprint density at radius 2 is 1.69 bits per heavy atom. The van der Waals surface area contributed by atoms with Gasteiger partial charge < -0.3 is 10.6 Å². The highest BCUT2D eigenvalue weighted by atomic mass is 32.1. The summed E-state index contributed by atoms with van der Waals surface area (Å²) in [4.78, 5) is 25.6. The third-order valence-electron chi connectivity index (χ3n) is 3.76. The molecule has 132 valence electrons. The topological polar surface area (TPSA) is 58.2 Å². The molecule has 3 aromatic rings. The second-order valence-corrected chi connectivity index (χ2v) is 6.64. The van der Waals surface area contributed by atoms with Crippen molar-refractivity contribution in [3.05, 3.63) is 88.4 Å². The molecule has 1 aromatic heterocycles. The molecule has 3 rings (SSSR count). The second kappa shape index (κ2) is 8.40. The maximum atomic E-state index is 13.0. The highest BCUT2D eigenvalue weighted by Gasteiger charge is 2.22. The van der Waals surface area contributed by atoms with E-state index in [1.807, 2.05) is 30.3 Å². The minimum Gasteiger partial charge on any atom is -0.339 e.